The van der Waals surface area contributed by atoms with Crippen LogP contribution in [0.2, 0.25) is 0 Å². The van der Waals surface area contributed by atoms with Crippen molar-refractivity contribution in [3.63, 3.8) is 0 Å². The lowest BCUT2D eigenvalue weighted by atomic mass is 9.80. The van der Waals surface area contributed by atoms with Gasteiger partial charge in [-0.05, 0) is 46.4 Å². The predicted octanol–water partition coefficient (Wildman–Crippen LogP) is 2.62. The van der Waals surface area contributed by atoms with E-state index >= 15 is 0 Å². The lowest BCUT2D eigenvalue weighted by Crippen LogP contribution is -2.29. The predicted molar refractivity (Wildman–Crippen MR) is 99.0 cm³/mol. The first-order valence-electron chi connectivity index (χ1n) is 7.98. The van der Waals surface area contributed by atoms with Crippen molar-refractivity contribution in [2.24, 2.45) is 0 Å². The van der Waals surface area contributed by atoms with Crippen LogP contribution in [0, 0.1) is 0 Å². The van der Waals surface area contributed by atoms with Gasteiger partial charge < -0.3 is 19.5 Å². The van der Waals surface area contributed by atoms with E-state index in [-0.39, 0.29) is 0 Å². The molecule has 0 fully saturated rings. The fraction of sp³-hybridized carbons (Fsp3) is 0.100. The van der Waals surface area contributed by atoms with Crippen molar-refractivity contribution < 1.29 is 19.5 Å². The molecule has 4 nitrogen and oxygen atoms in total. The minimum atomic E-state index is -1.44. The highest BCUT2D eigenvalue weighted by Gasteiger charge is 2.10. The summed E-state index contributed by atoms with van der Waals surface area (Å²) in [6, 6.07) is 22.7. The molecule has 0 aliphatic carbocycles. The quantitative estimate of drug-likeness (QED) is 0.681. The van der Waals surface area contributed by atoms with Crippen LogP contribution in [-0.4, -0.2) is 24.3 Å². The molecule has 5 heteroatoms. The molecule has 0 spiro atoms. The van der Waals surface area contributed by atoms with E-state index in [1.807, 2.05) is 60.7 Å². The highest BCUT2D eigenvalue weighted by molar-refractivity contribution is 6.58. The second-order valence-electron chi connectivity index (χ2n) is 5.66. The number of hydrogen-bond acceptors (Lipinski definition) is 4. The summed E-state index contributed by atoms with van der Waals surface area (Å²) in [4.78, 5) is 0. The van der Waals surface area contributed by atoms with Gasteiger partial charge in [-0.2, -0.15) is 0 Å². The number of benzene rings is 3. The van der Waals surface area contributed by atoms with E-state index in [4.69, 9.17) is 19.5 Å². The molecule has 0 saturated heterocycles. The van der Waals surface area contributed by atoms with Gasteiger partial charge in [-0.25, -0.2) is 0 Å². The number of ether oxygens (including phenoxy) is 2. The van der Waals surface area contributed by atoms with Gasteiger partial charge in [-0.15, -0.1) is 0 Å². The fourth-order valence-corrected chi connectivity index (χ4v) is 2.48. The van der Waals surface area contributed by atoms with Crippen molar-refractivity contribution in [2.45, 2.75) is 6.61 Å². The van der Waals surface area contributed by atoms with Gasteiger partial charge in [0.05, 0.1) is 7.11 Å². The van der Waals surface area contributed by atoms with Crippen molar-refractivity contribution in [1.29, 1.82) is 0 Å². The van der Waals surface area contributed by atoms with Crippen molar-refractivity contribution >= 4 is 12.6 Å². The Morgan fingerprint density at radius 3 is 1.76 bits per heavy atom. The minimum absolute atomic E-state index is 0.475. The zero-order valence-electron chi connectivity index (χ0n) is 13.9. The summed E-state index contributed by atoms with van der Waals surface area (Å²) in [5, 5.41) is 18.3. The third-order valence-corrected chi connectivity index (χ3v) is 3.96. The minimum Gasteiger partial charge on any atom is -0.497 e. The molecule has 126 valence electrons. The Labute approximate surface area is 147 Å². The fourth-order valence-electron chi connectivity index (χ4n) is 2.48. The summed E-state index contributed by atoms with van der Waals surface area (Å²) in [6.45, 7) is 0.492. The van der Waals surface area contributed by atoms with Gasteiger partial charge in [0.15, 0.2) is 0 Å². The summed E-state index contributed by atoms with van der Waals surface area (Å²) in [5.41, 5.74) is 3.59. The molecule has 3 aromatic rings. The highest BCUT2D eigenvalue weighted by Crippen LogP contribution is 2.22. The molecule has 0 heterocycles. The van der Waals surface area contributed by atoms with Gasteiger partial charge in [0.25, 0.3) is 0 Å². The zero-order valence-corrected chi connectivity index (χ0v) is 13.9. The second-order valence-corrected chi connectivity index (χ2v) is 5.66. The van der Waals surface area contributed by atoms with E-state index in [0.717, 1.165) is 28.2 Å². The summed E-state index contributed by atoms with van der Waals surface area (Å²) < 4.78 is 10.9. The smallest absolute Gasteiger partial charge is 0.488 e. The van der Waals surface area contributed by atoms with Gasteiger partial charge in [0, 0.05) is 0 Å². The van der Waals surface area contributed by atoms with Gasteiger partial charge in [0.2, 0.25) is 0 Å². The van der Waals surface area contributed by atoms with E-state index in [9.17, 15) is 0 Å². The summed E-state index contributed by atoms with van der Waals surface area (Å²) in [5.74, 6) is 1.62. The Hall–Kier alpha value is -2.76. The van der Waals surface area contributed by atoms with Crippen LogP contribution in [-0.2, 0) is 6.61 Å². The molecule has 0 atom stereocenters. The number of rotatable bonds is 6. The number of hydrogen-bond donors (Lipinski definition) is 2. The molecule has 0 aliphatic rings. The molecule has 0 aromatic heterocycles. The van der Waals surface area contributed by atoms with Crippen LogP contribution in [0.25, 0.3) is 11.1 Å². The lowest BCUT2D eigenvalue weighted by molar-refractivity contribution is 0.306. The normalized spacial score (nSPS) is 10.4. The van der Waals surface area contributed by atoms with Crippen LogP contribution in [0.4, 0.5) is 0 Å². The summed E-state index contributed by atoms with van der Waals surface area (Å²) in [6.07, 6.45) is 0. The molecular weight excluding hydrogens is 315 g/mol. The van der Waals surface area contributed by atoms with Crippen LogP contribution in [0.3, 0.4) is 0 Å². The topological polar surface area (TPSA) is 58.9 Å². The summed E-state index contributed by atoms with van der Waals surface area (Å²) in [7, 11) is 0.204. The molecule has 0 unspecified atom stereocenters. The average Bonchev–Trinajstić information content (AvgIpc) is 2.67. The van der Waals surface area contributed by atoms with E-state index in [1.54, 1.807) is 19.2 Å². The van der Waals surface area contributed by atoms with E-state index in [1.165, 1.54) is 0 Å². The molecular formula is C20H19BO4. The first-order chi connectivity index (χ1) is 12.2. The molecule has 0 radical (unpaired) electrons. The summed E-state index contributed by atoms with van der Waals surface area (Å²) >= 11 is 0. The van der Waals surface area contributed by atoms with E-state index in [0.29, 0.717) is 12.1 Å². The van der Waals surface area contributed by atoms with Crippen LogP contribution < -0.4 is 14.9 Å². The lowest BCUT2D eigenvalue weighted by Gasteiger charge is -2.09. The molecule has 2 N–H and O–H groups in total. The van der Waals surface area contributed by atoms with Gasteiger partial charge in [-0.3, -0.25) is 0 Å². The largest absolute Gasteiger partial charge is 0.497 e. The Balaban J connectivity index is 1.63. The standard InChI is InChI=1S/C20H19BO4/c1-24-19-10-2-15(3-11-19)14-25-20-12-6-17(7-13-20)16-4-8-18(9-5-16)21(22)23/h2-13,22-23H,14H2,1H3. The molecule has 0 aliphatic heterocycles. The first kappa shape index (κ1) is 17.1. The molecule has 3 rings (SSSR count). The van der Waals surface area contributed by atoms with Crippen molar-refractivity contribution in [3.05, 3.63) is 78.4 Å². The van der Waals surface area contributed by atoms with E-state index in [2.05, 4.69) is 0 Å². The molecule has 25 heavy (non-hydrogen) atoms. The van der Waals surface area contributed by atoms with Gasteiger partial charge in [0.1, 0.15) is 18.1 Å². The SMILES string of the molecule is COc1ccc(COc2ccc(-c3ccc(B(O)O)cc3)cc2)cc1. The van der Waals surface area contributed by atoms with Gasteiger partial charge in [-0.1, -0.05) is 48.5 Å². The first-order valence-corrected chi connectivity index (χ1v) is 7.98. The highest BCUT2D eigenvalue weighted by atomic mass is 16.5. The van der Waals surface area contributed by atoms with Crippen LogP contribution in [0.1, 0.15) is 5.56 Å². The second kappa shape index (κ2) is 7.88. The van der Waals surface area contributed by atoms with Crippen molar-refractivity contribution in [1.82, 2.24) is 0 Å². The monoisotopic (exact) mass is 334 g/mol. The maximum absolute atomic E-state index is 9.14. The Kier molecular flexibility index (Phi) is 5.38. The van der Waals surface area contributed by atoms with E-state index < -0.39 is 7.12 Å². The third-order valence-electron chi connectivity index (χ3n) is 3.96. The molecule has 0 bridgehead atoms. The number of methoxy groups -OCH3 is 1. The van der Waals surface area contributed by atoms with Crippen molar-refractivity contribution in [2.75, 3.05) is 7.11 Å². The van der Waals surface area contributed by atoms with Crippen molar-refractivity contribution in [3.8, 4) is 22.6 Å². The van der Waals surface area contributed by atoms with Crippen LogP contribution in [0.15, 0.2) is 72.8 Å². The Morgan fingerprint density at radius 1 is 0.720 bits per heavy atom. The third kappa shape index (κ3) is 4.41. The zero-order chi connectivity index (χ0) is 17.6. The maximum atomic E-state index is 9.14. The molecule has 0 amide bonds. The van der Waals surface area contributed by atoms with Crippen LogP contribution in [0.5, 0.6) is 11.5 Å². The molecule has 3 aromatic carbocycles. The average molecular weight is 334 g/mol. The van der Waals surface area contributed by atoms with Gasteiger partial charge >= 0.3 is 7.12 Å². The van der Waals surface area contributed by atoms with Crippen LogP contribution >= 0.6 is 0 Å². The Morgan fingerprint density at radius 2 is 1.24 bits per heavy atom. The maximum Gasteiger partial charge on any atom is 0.488 e. The Bertz CT molecular complexity index is 797. The molecule has 0 saturated carbocycles.